The number of nitrogens with two attached hydrogens (primary N) is 1. The highest BCUT2D eigenvalue weighted by molar-refractivity contribution is 7.99. The Morgan fingerprint density at radius 1 is 1.41 bits per heavy atom. The molecule has 0 spiro atoms. The summed E-state index contributed by atoms with van der Waals surface area (Å²) in [5.41, 5.74) is 7.04. The molecule has 0 aliphatic carbocycles. The quantitative estimate of drug-likeness (QED) is 0.673. The molecule has 17 heavy (non-hydrogen) atoms. The van der Waals surface area contributed by atoms with Crippen LogP contribution < -0.4 is 10.5 Å². The molecule has 0 amide bonds. The van der Waals surface area contributed by atoms with E-state index in [9.17, 15) is 5.11 Å². The Bertz CT molecular complexity index is 335. The van der Waals surface area contributed by atoms with Crippen LogP contribution in [0.25, 0.3) is 0 Å². The fourth-order valence-corrected chi connectivity index (χ4v) is 2.31. The molecule has 0 bridgehead atoms. The average Bonchev–Trinajstić information content (AvgIpc) is 2.38. The van der Waals surface area contributed by atoms with E-state index in [4.69, 9.17) is 15.6 Å². The Hall–Kier alpha value is -0.750. The highest BCUT2D eigenvalue weighted by Gasteiger charge is 2.09. The van der Waals surface area contributed by atoms with Gasteiger partial charge in [0.25, 0.3) is 0 Å². The number of hydrogen-bond donors (Lipinski definition) is 3. The van der Waals surface area contributed by atoms with Crippen molar-refractivity contribution in [2.24, 2.45) is 5.73 Å². The number of thioether (sulfide) groups is 1. The molecular weight excluding hydrogens is 238 g/mol. The van der Waals surface area contributed by atoms with Gasteiger partial charge in [0.05, 0.1) is 19.8 Å². The van der Waals surface area contributed by atoms with Crippen LogP contribution in [0.15, 0.2) is 24.3 Å². The van der Waals surface area contributed by atoms with Crippen LogP contribution in [0.1, 0.15) is 11.6 Å². The summed E-state index contributed by atoms with van der Waals surface area (Å²) in [7, 11) is 1.62. The minimum Gasteiger partial charge on any atom is -0.497 e. The topological polar surface area (TPSA) is 75.7 Å². The van der Waals surface area contributed by atoms with Crippen molar-refractivity contribution in [3.05, 3.63) is 29.8 Å². The van der Waals surface area contributed by atoms with E-state index in [2.05, 4.69) is 0 Å². The molecule has 1 aromatic rings. The van der Waals surface area contributed by atoms with E-state index >= 15 is 0 Å². The van der Waals surface area contributed by atoms with Crippen LogP contribution >= 0.6 is 11.8 Å². The van der Waals surface area contributed by atoms with Crippen molar-refractivity contribution >= 4 is 11.8 Å². The number of aliphatic hydroxyl groups excluding tert-OH is 2. The van der Waals surface area contributed by atoms with Gasteiger partial charge in [-0.3, -0.25) is 0 Å². The molecule has 0 aromatic heterocycles. The van der Waals surface area contributed by atoms with Crippen molar-refractivity contribution in [2.45, 2.75) is 12.1 Å². The van der Waals surface area contributed by atoms with Crippen molar-refractivity contribution in [1.29, 1.82) is 0 Å². The Kier molecular flexibility index (Phi) is 6.36. The van der Waals surface area contributed by atoms with E-state index in [1.165, 1.54) is 11.8 Å². The molecule has 5 heteroatoms. The van der Waals surface area contributed by atoms with Crippen LogP contribution in [0.2, 0.25) is 0 Å². The van der Waals surface area contributed by atoms with Crippen LogP contribution in [-0.4, -0.2) is 41.5 Å². The Morgan fingerprint density at radius 2 is 2.18 bits per heavy atom. The maximum absolute atomic E-state index is 9.19. The van der Waals surface area contributed by atoms with Crippen molar-refractivity contribution < 1.29 is 14.9 Å². The first kappa shape index (κ1) is 14.3. The maximum Gasteiger partial charge on any atom is 0.119 e. The molecule has 0 heterocycles. The van der Waals surface area contributed by atoms with Gasteiger partial charge < -0.3 is 20.7 Å². The average molecular weight is 257 g/mol. The van der Waals surface area contributed by atoms with Gasteiger partial charge >= 0.3 is 0 Å². The largest absolute Gasteiger partial charge is 0.497 e. The first-order valence-corrected chi connectivity index (χ1v) is 6.59. The summed E-state index contributed by atoms with van der Waals surface area (Å²) in [5.74, 6) is 1.98. The summed E-state index contributed by atoms with van der Waals surface area (Å²) in [6.07, 6.45) is -0.669. The number of methoxy groups -OCH3 is 1. The highest BCUT2D eigenvalue weighted by Crippen LogP contribution is 2.20. The van der Waals surface area contributed by atoms with Crippen molar-refractivity contribution in [3.63, 3.8) is 0 Å². The van der Waals surface area contributed by atoms with E-state index in [1.54, 1.807) is 7.11 Å². The number of rotatable bonds is 7. The number of aliphatic hydroxyl groups is 2. The second-order valence-corrected chi connectivity index (χ2v) is 4.83. The standard InChI is InChI=1S/C12H19NO3S/c1-16-11-4-2-3-9(5-11)12(13)8-17-7-10(15)6-14/h2-5,10,12,14-15H,6-8,13H2,1H3. The predicted octanol–water partition coefficient (Wildman–Crippen LogP) is 0.781. The number of benzene rings is 1. The fraction of sp³-hybridized carbons (Fsp3) is 0.500. The summed E-state index contributed by atoms with van der Waals surface area (Å²) in [5, 5.41) is 17.9. The molecule has 2 unspecified atom stereocenters. The molecule has 4 N–H and O–H groups in total. The molecular formula is C12H19NO3S. The van der Waals surface area contributed by atoms with Gasteiger partial charge in [0.2, 0.25) is 0 Å². The lowest BCUT2D eigenvalue weighted by atomic mass is 10.1. The van der Waals surface area contributed by atoms with Crippen LogP contribution in [0.4, 0.5) is 0 Å². The van der Waals surface area contributed by atoms with Crippen LogP contribution in [-0.2, 0) is 0 Å². The smallest absolute Gasteiger partial charge is 0.119 e. The van der Waals surface area contributed by atoms with Crippen molar-refractivity contribution in [3.8, 4) is 5.75 Å². The lowest BCUT2D eigenvalue weighted by Gasteiger charge is -2.13. The van der Waals surface area contributed by atoms with Gasteiger partial charge in [-0.2, -0.15) is 11.8 Å². The molecule has 0 aliphatic heterocycles. The van der Waals surface area contributed by atoms with E-state index in [0.717, 1.165) is 11.3 Å². The lowest BCUT2D eigenvalue weighted by molar-refractivity contribution is 0.113. The SMILES string of the molecule is COc1cccc(C(N)CSCC(O)CO)c1. The van der Waals surface area contributed by atoms with Crippen molar-refractivity contribution in [2.75, 3.05) is 25.2 Å². The minimum atomic E-state index is -0.669. The fourth-order valence-electron chi connectivity index (χ4n) is 1.35. The van der Waals surface area contributed by atoms with E-state index in [-0.39, 0.29) is 12.6 Å². The molecule has 0 saturated carbocycles. The van der Waals surface area contributed by atoms with Gasteiger partial charge in [0, 0.05) is 17.5 Å². The van der Waals surface area contributed by atoms with Gasteiger partial charge in [-0.05, 0) is 17.7 Å². The monoisotopic (exact) mass is 257 g/mol. The number of hydrogen-bond acceptors (Lipinski definition) is 5. The van der Waals surface area contributed by atoms with E-state index in [1.807, 2.05) is 24.3 Å². The second kappa shape index (κ2) is 7.55. The second-order valence-electron chi connectivity index (χ2n) is 3.76. The van der Waals surface area contributed by atoms with E-state index < -0.39 is 6.10 Å². The van der Waals surface area contributed by atoms with E-state index in [0.29, 0.717) is 11.5 Å². The third-order valence-electron chi connectivity index (χ3n) is 2.34. The third kappa shape index (κ3) is 4.95. The molecule has 0 fully saturated rings. The zero-order chi connectivity index (χ0) is 12.7. The van der Waals surface area contributed by atoms with Crippen LogP contribution in [0.3, 0.4) is 0 Å². The normalized spacial score (nSPS) is 14.4. The Morgan fingerprint density at radius 3 is 2.82 bits per heavy atom. The first-order chi connectivity index (χ1) is 8.17. The maximum atomic E-state index is 9.19. The van der Waals surface area contributed by atoms with Gasteiger partial charge in [-0.25, -0.2) is 0 Å². The molecule has 0 aliphatic rings. The Labute approximate surface area is 106 Å². The molecule has 0 saturated heterocycles. The summed E-state index contributed by atoms with van der Waals surface area (Å²) >= 11 is 1.53. The molecule has 1 aromatic carbocycles. The molecule has 2 atom stereocenters. The summed E-state index contributed by atoms with van der Waals surface area (Å²) < 4.78 is 5.13. The lowest BCUT2D eigenvalue weighted by Crippen LogP contribution is -2.18. The molecule has 4 nitrogen and oxygen atoms in total. The third-order valence-corrected chi connectivity index (χ3v) is 3.56. The van der Waals surface area contributed by atoms with Crippen LogP contribution in [0, 0.1) is 0 Å². The zero-order valence-corrected chi connectivity index (χ0v) is 10.7. The summed E-state index contributed by atoms with van der Waals surface area (Å²) in [6, 6.07) is 7.55. The van der Waals surface area contributed by atoms with Gasteiger partial charge in [0.1, 0.15) is 5.75 Å². The molecule has 0 radical (unpaired) electrons. The highest BCUT2D eigenvalue weighted by atomic mass is 32.2. The van der Waals surface area contributed by atoms with Gasteiger partial charge in [-0.1, -0.05) is 12.1 Å². The number of ether oxygens (including phenoxy) is 1. The zero-order valence-electron chi connectivity index (χ0n) is 9.87. The van der Waals surface area contributed by atoms with Gasteiger partial charge in [0.15, 0.2) is 0 Å². The summed E-state index contributed by atoms with van der Waals surface area (Å²) in [4.78, 5) is 0. The Balaban J connectivity index is 2.43. The first-order valence-electron chi connectivity index (χ1n) is 5.43. The van der Waals surface area contributed by atoms with Crippen molar-refractivity contribution in [1.82, 2.24) is 0 Å². The van der Waals surface area contributed by atoms with Crippen LogP contribution in [0.5, 0.6) is 5.75 Å². The molecule has 1 rings (SSSR count). The summed E-state index contributed by atoms with van der Waals surface area (Å²) in [6.45, 7) is -0.207. The minimum absolute atomic E-state index is 0.0963. The molecule has 96 valence electrons. The van der Waals surface area contributed by atoms with Gasteiger partial charge in [-0.15, -0.1) is 0 Å². The predicted molar refractivity (Wildman–Crippen MR) is 70.3 cm³/mol.